The lowest BCUT2D eigenvalue weighted by molar-refractivity contribution is 0.0595. The summed E-state index contributed by atoms with van der Waals surface area (Å²) in [5.41, 5.74) is 0.187. The molecule has 3 rings (SSSR count). The van der Waals surface area contributed by atoms with Crippen molar-refractivity contribution < 1.29 is 23.4 Å². The third-order valence-electron chi connectivity index (χ3n) is 4.20. The molecule has 7 heteroatoms. The van der Waals surface area contributed by atoms with Crippen LogP contribution in [0.15, 0.2) is 30.3 Å². The highest BCUT2D eigenvalue weighted by Crippen LogP contribution is 2.26. The first-order valence-electron chi connectivity index (χ1n) is 9.39. The molecule has 0 radical (unpaired) electrons. The molecule has 2 aromatic rings. The molecule has 1 aliphatic carbocycles. The van der Waals surface area contributed by atoms with E-state index in [9.17, 15) is 9.18 Å². The van der Waals surface area contributed by atoms with Gasteiger partial charge in [-0.1, -0.05) is 31.5 Å². The molecule has 1 aromatic heterocycles. The number of halogens is 2. The first kappa shape index (κ1) is 22.0. The molecule has 0 amide bonds. The number of benzene rings is 1. The van der Waals surface area contributed by atoms with Gasteiger partial charge in [-0.25, -0.2) is 9.18 Å². The van der Waals surface area contributed by atoms with Gasteiger partial charge in [0, 0.05) is 22.7 Å². The van der Waals surface area contributed by atoms with E-state index in [1.54, 1.807) is 18.2 Å². The normalized spacial score (nSPS) is 13.5. The van der Waals surface area contributed by atoms with Gasteiger partial charge in [-0.05, 0) is 37.8 Å². The van der Waals surface area contributed by atoms with Gasteiger partial charge in [-0.2, -0.15) is 4.98 Å². The molecular weight excluding hydrogens is 385 g/mol. The van der Waals surface area contributed by atoms with Crippen LogP contribution < -0.4 is 9.47 Å². The number of ether oxygens (including phenoxy) is 3. The fourth-order valence-corrected chi connectivity index (χ4v) is 3.05. The van der Waals surface area contributed by atoms with Crippen LogP contribution in [0.4, 0.5) is 4.39 Å². The Labute approximate surface area is 169 Å². The van der Waals surface area contributed by atoms with E-state index in [2.05, 4.69) is 9.72 Å². The van der Waals surface area contributed by atoms with E-state index in [1.165, 1.54) is 26.0 Å². The van der Waals surface area contributed by atoms with Crippen molar-refractivity contribution in [3.05, 3.63) is 52.3 Å². The van der Waals surface area contributed by atoms with Crippen LogP contribution in [0.2, 0.25) is 5.02 Å². The van der Waals surface area contributed by atoms with Gasteiger partial charge in [0.25, 0.3) is 0 Å². The van der Waals surface area contributed by atoms with Crippen LogP contribution >= 0.6 is 11.6 Å². The van der Waals surface area contributed by atoms with Crippen molar-refractivity contribution in [2.45, 2.75) is 52.2 Å². The van der Waals surface area contributed by atoms with E-state index < -0.39 is 11.8 Å². The molecule has 1 aliphatic rings. The van der Waals surface area contributed by atoms with Crippen molar-refractivity contribution in [2.75, 3.05) is 7.11 Å². The summed E-state index contributed by atoms with van der Waals surface area (Å²) < 4.78 is 30.0. The Morgan fingerprint density at radius 3 is 2.57 bits per heavy atom. The maximum atomic E-state index is 14.0. The monoisotopic (exact) mass is 409 g/mol. The van der Waals surface area contributed by atoms with Crippen molar-refractivity contribution in [2.24, 2.45) is 0 Å². The van der Waals surface area contributed by atoms with Gasteiger partial charge in [0.2, 0.25) is 11.8 Å². The van der Waals surface area contributed by atoms with Gasteiger partial charge in [-0.15, -0.1) is 0 Å². The third-order valence-corrected chi connectivity index (χ3v) is 4.56. The summed E-state index contributed by atoms with van der Waals surface area (Å²) in [5, 5.41) is 0.213. The molecule has 0 atom stereocenters. The molecule has 0 spiro atoms. The van der Waals surface area contributed by atoms with Crippen LogP contribution in [-0.2, 0) is 11.3 Å². The van der Waals surface area contributed by atoms with Crippen molar-refractivity contribution in [3.8, 4) is 11.8 Å². The summed E-state index contributed by atoms with van der Waals surface area (Å²) in [6.45, 7) is 4.01. The van der Waals surface area contributed by atoms with E-state index in [0.29, 0.717) is 17.3 Å². The molecular formula is C21H25ClFNO4. The van der Waals surface area contributed by atoms with Crippen LogP contribution in [-0.4, -0.2) is 24.2 Å². The first-order chi connectivity index (χ1) is 13.6. The number of carbonyl (C=O) groups excluding carboxylic acids is 1. The zero-order valence-electron chi connectivity index (χ0n) is 16.3. The molecule has 0 saturated heterocycles. The topological polar surface area (TPSA) is 57.7 Å². The second kappa shape index (κ2) is 10.9. The quantitative estimate of drug-likeness (QED) is 0.582. The zero-order valence-corrected chi connectivity index (χ0v) is 17.1. The Bertz CT molecular complexity index is 794. The SMILES string of the molecule is CC.COC(=O)c1cc(Cl)c(COc2cccc(OC3CCCC3)n2)cc1F. The second-order valence-electron chi connectivity index (χ2n) is 6.04. The lowest BCUT2D eigenvalue weighted by Crippen LogP contribution is -2.12. The van der Waals surface area contributed by atoms with E-state index in [4.69, 9.17) is 21.1 Å². The number of methoxy groups -OCH3 is 1. The third kappa shape index (κ3) is 5.83. The van der Waals surface area contributed by atoms with Crippen molar-refractivity contribution >= 4 is 17.6 Å². The molecule has 1 saturated carbocycles. The van der Waals surface area contributed by atoms with Gasteiger partial charge in [-0.3, -0.25) is 0 Å². The van der Waals surface area contributed by atoms with E-state index in [1.807, 2.05) is 13.8 Å². The summed E-state index contributed by atoms with van der Waals surface area (Å²) in [7, 11) is 1.18. The zero-order chi connectivity index (χ0) is 20.5. The number of aromatic nitrogens is 1. The average molecular weight is 410 g/mol. The van der Waals surface area contributed by atoms with Gasteiger partial charge < -0.3 is 14.2 Å². The highest BCUT2D eigenvalue weighted by molar-refractivity contribution is 6.31. The summed E-state index contributed by atoms with van der Waals surface area (Å²) in [4.78, 5) is 15.8. The lowest BCUT2D eigenvalue weighted by atomic mass is 10.1. The van der Waals surface area contributed by atoms with Gasteiger partial charge in [0.05, 0.1) is 12.7 Å². The van der Waals surface area contributed by atoms with Crippen molar-refractivity contribution in [1.82, 2.24) is 4.98 Å². The number of hydrogen-bond donors (Lipinski definition) is 0. The lowest BCUT2D eigenvalue weighted by Gasteiger charge is -2.13. The number of hydrogen-bond acceptors (Lipinski definition) is 5. The highest BCUT2D eigenvalue weighted by Gasteiger charge is 2.18. The molecule has 28 heavy (non-hydrogen) atoms. The van der Waals surface area contributed by atoms with E-state index in [-0.39, 0.29) is 23.3 Å². The summed E-state index contributed by atoms with van der Waals surface area (Å²) in [6.07, 6.45) is 4.62. The highest BCUT2D eigenvalue weighted by atomic mass is 35.5. The van der Waals surface area contributed by atoms with Crippen LogP contribution in [0.25, 0.3) is 0 Å². The van der Waals surface area contributed by atoms with E-state index >= 15 is 0 Å². The van der Waals surface area contributed by atoms with Gasteiger partial charge >= 0.3 is 5.97 Å². The number of esters is 1. The molecule has 0 bridgehead atoms. The fraction of sp³-hybridized carbons (Fsp3) is 0.429. The Morgan fingerprint density at radius 2 is 1.89 bits per heavy atom. The molecule has 0 aliphatic heterocycles. The molecule has 152 valence electrons. The van der Waals surface area contributed by atoms with Crippen LogP contribution in [0, 0.1) is 5.82 Å². The smallest absolute Gasteiger partial charge is 0.340 e. The molecule has 1 heterocycles. The molecule has 1 aromatic carbocycles. The Kier molecular flexibility index (Phi) is 8.51. The predicted octanol–water partition coefficient (Wildman–Crippen LogP) is 5.59. The number of carbonyl (C=O) groups is 1. The fourth-order valence-electron chi connectivity index (χ4n) is 2.84. The number of rotatable bonds is 6. The molecule has 0 unspecified atom stereocenters. The minimum Gasteiger partial charge on any atom is -0.474 e. The summed E-state index contributed by atoms with van der Waals surface area (Å²) in [5.74, 6) is -0.636. The average Bonchev–Trinajstić information content (AvgIpc) is 3.22. The van der Waals surface area contributed by atoms with Crippen LogP contribution in [0.1, 0.15) is 55.5 Å². The number of pyridine rings is 1. The Balaban J connectivity index is 0.00000136. The maximum absolute atomic E-state index is 14.0. The molecule has 0 N–H and O–H groups in total. The Morgan fingerprint density at radius 1 is 1.21 bits per heavy atom. The molecule has 5 nitrogen and oxygen atoms in total. The van der Waals surface area contributed by atoms with Crippen molar-refractivity contribution in [1.29, 1.82) is 0 Å². The maximum Gasteiger partial charge on any atom is 0.340 e. The Hall–Kier alpha value is -2.34. The molecule has 1 fully saturated rings. The van der Waals surface area contributed by atoms with Gasteiger partial charge in [0.15, 0.2) is 0 Å². The van der Waals surface area contributed by atoms with Gasteiger partial charge in [0.1, 0.15) is 18.5 Å². The van der Waals surface area contributed by atoms with E-state index in [0.717, 1.165) is 18.9 Å². The second-order valence-corrected chi connectivity index (χ2v) is 6.45. The standard InChI is InChI=1S/C19H19ClFNO4.C2H6/c1-24-19(23)14-10-15(20)12(9-16(14)21)11-25-17-7-4-8-18(22-17)26-13-5-2-3-6-13;1-2/h4,7-10,13H,2-3,5-6,11H2,1H3;1-2H3. The minimum atomic E-state index is -0.782. The summed E-state index contributed by atoms with van der Waals surface area (Å²) >= 11 is 6.11. The number of nitrogens with zero attached hydrogens (tertiary/aromatic N) is 1. The largest absolute Gasteiger partial charge is 0.474 e. The van der Waals surface area contributed by atoms with Crippen LogP contribution in [0.5, 0.6) is 11.8 Å². The van der Waals surface area contributed by atoms with Crippen molar-refractivity contribution in [3.63, 3.8) is 0 Å². The first-order valence-corrected chi connectivity index (χ1v) is 9.77. The van der Waals surface area contributed by atoms with Crippen LogP contribution in [0.3, 0.4) is 0 Å². The predicted molar refractivity (Wildman–Crippen MR) is 106 cm³/mol. The minimum absolute atomic E-state index is 0.0110. The summed E-state index contributed by atoms with van der Waals surface area (Å²) in [6, 6.07) is 7.65.